The van der Waals surface area contributed by atoms with Gasteiger partial charge >= 0.3 is 0 Å². The molecule has 0 saturated carbocycles. The molecule has 1 aliphatic carbocycles. The molecule has 0 radical (unpaired) electrons. The van der Waals surface area contributed by atoms with Gasteiger partial charge in [-0.1, -0.05) is 56.2 Å². The lowest BCUT2D eigenvalue weighted by atomic mass is 9.77. The molecular formula is C14H19N. The van der Waals surface area contributed by atoms with E-state index >= 15 is 0 Å². The van der Waals surface area contributed by atoms with Crippen molar-refractivity contribution in [3.05, 3.63) is 41.5 Å². The number of benzene rings is 1. The van der Waals surface area contributed by atoms with Gasteiger partial charge in [0, 0.05) is 5.54 Å². The van der Waals surface area contributed by atoms with E-state index in [0.717, 1.165) is 12.8 Å². The Kier molecular flexibility index (Phi) is 2.92. The van der Waals surface area contributed by atoms with Gasteiger partial charge in [-0.3, -0.25) is 0 Å². The first-order valence-corrected chi connectivity index (χ1v) is 5.81. The molecule has 0 fully saturated rings. The Bertz CT molecular complexity index is 367. The average Bonchev–Trinajstić information content (AvgIpc) is 2.27. The number of nitrogens with two attached hydrogens (primary N) is 1. The summed E-state index contributed by atoms with van der Waals surface area (Å²) in [6, 6.07) is 8.49. The second kappa shape index (κ2) is 4.19. The molecule has 1 heteroatoms. The van der Waals surface area contributed by atoms with Gasteiger partial charge in [0.1, 0.15) is 0 Å². The summed E-state index contributed by atoms with van der Waals surface area (Å²) in [6.07, 6.45) is 8.88. The van der Waals surface area contributed by atoms with Gasteiger partial charge in [0.15, 0.2) is 0 Å². The zero-order chi connectivity index (χ0) is 10.7. The van der Waals surface area contributed by atoms with E-state index in [2.05, 4.69) is 43.3 Å². The highest BCUT2D eigenvalue weighted by Gasteiger charge is 2.29. The molecule has 0 amide bonds. The van der Waals surface area contributed by atoms with Crippen LogP contribution in [0.1, 0.15) is 43.7 Å². The van der Waals surface area contributed by atoms with Crippen LogP contribution in [-0.2, 0) is 5.54 Å². The molecule has 0 aromatic heterocycles. The molecule has 1 nitrogen and oxygen atoms in total. The summed E-state index contributed by atoms with van der Waals surface area (Å²) >= 11 is 0. The van der Waals surface area contributed by atoms with Crippen molar-refractivity contribution < 1.29 is 0 Å². The van der Waals surface area contributed by atoms with E-state index in [1.165, 1.54) is 24.0 Å². The van der Waals surface area contributed by atoms with Crippen LogP contribution in [0.2, 0.25) is 0 Å². The van der Waals surface area contributed by atoms with Crippen LogP contribution in [0, 0.1) is 0 Å². The van der Waals surface area contributed by atoms with E-state index in [4.69, 9.17) is 5.73 Å². The van der Waals surface area contributed by atoms with E-state index in [1.807, 2.05) is 0 Å². The van der Waals surface area contributed by atoms with Gasteiger partial charge in [0.05, 0.1) is 0 Å². The third-order valence-corrected chi connectivity index (χ3v) is 3.25. The summed E-state index contributed by atoms with van der Waals surface area (Å²) in [5.41, 5.74) is 9.00. The minimum Gasteiger partial charge on any atom is -0.321 e. The monoisotopic (exact) mass is 201 g/mol. The highest BCUT2D eigenvalue weighted by atomic mass is 14.7. The van der Waals surface area contributed by atoms with E-state index in [9.17, 15) is 0 Å². The quantitative estimate of drug-likeness (QED) is 0.796. The van der Waals surface area contributed by atoms with Crippen molar-refractivity contribution in [3.8, 4) is 0 Å². The molecule has 0 spiro atoms. The van der Waals surface area contributed by atoms with Crippen molar-refractivity contribution >= 4 is 6.08 Å². The molecule has 2 N–H and O–H groups in total. The Labute approximate surface area is 92.0 Å². The van der Waals surface area contributed by atoms with Gasteiger partial charge in [-0.2, -0.15) is 0 Å². The highest BCUT2D eigenvalue weighted by Crippen LogP contribution is 2.35. The smallest absolute Gasteiger partial charge is 0.0450 e. The molecule has 1 aromatic carbocycles. The second-order valence-electron chi connectivity index (χ2n) is 4.45. The van der Waals surface area contributed by atoms with Gasteiger partial charge in [-0.05, 0) is 24.0 Å². The third kappa shape index (κ3) is 1.98. The Morgan fingerprint density at radius 1 is 1.33 bits per heavy atom. The van der Waals surface area contributed by atoms with Crippen LogP contribution in [0.4, 0.5) is 0 Å². The minimum atomic E-state index is -0.124. The van der Waals surface area contributed by atoms with Crippen LogP contribution in [0.3, 0.4) is 0 Å². The maximum atomic E-state index is 6.51. The number of hydrogen-bond donors (Lipinski definition) is 1. The van der Waals surface area contributed by atoms with Gasteiger partial charge in [0.25, 0.3) is 0 Å². The van der Waals surface area contributed by atoms with E-state index in [-0.39, 0.29) is 5.54 Å². The van der Waals surface area contributed by atoms with Crippen LogP contribution in [0.15, 0.2) is 30.3 Å². The molecule has 0 bridgehead atoms. The molecule has 2 rings (SSSR count). The maximum absolute atomic E-state index is 6.51. The normalized spacial score (nSPS) is 23.9. The number of unbranched alkanes of at least 4 members (excludes halogenated alkanes) is 1. The SMILES string of the molecule is CCCCC1(N)CC=Cc2ccccc21. The molecule has 0 heterocycles. The number of hydrogen-bond acceptors (Lipinski definition) is 1. The maximum Gasteiger partial charge on any atom is 0.0450 e. The summed E-state index contributed by atoms with van der Waals surface area (Å²) in [6.45, 7) is 2.22. The van der Waals surface area contributed by atoms with Crippen molar-refractivity contribution in [2.75, 3.05) is 0 Å². The standard InChI is InChI=1S/C14H19N/c1-2-3-10-14(15)11-6-8-12-7-4-5-9-13(12)14/h4-9H,2-3,10-11,15H2,1H3. The van der Waals surface area contributed by atoms with Gasteiger partial charge in [-0.15, -0.1) is 0 Å². The number of rotatable bonds is 3. The fourth-order valence-electron chi connectivity index (χ4n) is 2.33. The summed E-state index contributed by atoms with van der Waals surface area (Å²) < 4.78 is 0. The molecule has 1 atom stereocenters. The molecule has 80 valence electrons. The summed E-state index contributed by atoms with van der Waals surface area (Å²) in [4.78, 5) is 0. The van der Waals surface area contributed by atoms with Crippen LogP contribution in [0.25, 0.3) is 6.08 Å². The van der Waals surface area contributed by atoms with Crippen molar-refractivity contribution in [2.45, 2.75) is 38.1 Å². The van der Waals surface area contributed by atoms with Crippen molar-refractivity contribution in [1.82, 2.24) is 0 Å². The lowest BCUT2D eigenvalue weighted by Gasteiger charge is -2.33. The van der Waals surface area contributed by atoms with Gasteiger partial charge in [0.2, 0.25) is 0 Å². The minimum absolute atomic E-state index is 0.124. The Balaban J connectivity index is 2.32. The predicted molar refractivity (Wildman–Crippen MR) is 65.5 cm³/mol. The van der Waals surface area contributed by atoms with Crippen LogP contribution < -0.4 is 5.73 Å². The first-order chi connectivity index (χ1) is 7.26. The Morgan fingerprint density at radius 3 is 2.93 bits per heavy atom. The fourth-order valence-corrected chi connectivity index (χ4v) is 2.33. The molecule has 1 unspecified atom stereocenters. The second-order valence-corrected chi connectivity index (χ2v) is 4.45. The first kappa shape index (κ1) is 10.4. The van der Waals surface area contributed by atoms with Crippen LogP contribution >= 0.6 is 0 Å². The summed E-state index contributed by atoms with van der Waals surface area (Å²) in [7, 11) is 0. The molecule has 0 saturated heterocycles. The zero-order valence-corrected chi connectivity index (χ0v) is 9.37. The average molecular weight is 201 g/mol. The Morgan fingerprint density at radius 2 is 2.13 bits per heavy atom. The van der Waals surface area contributed by atoms with Crippen molar-refractivity contribution in [1.29, 1.82) is 0 Å². The van der Waals surface area contributed by atoms with E-state index in [1.54, 1.807) is 0 Å². The van der Waals surface area contributed by atoms with Crippen LogP contribution in [0.5, 0.6) is 0 Å². The van der Waals surface area contributed by atoms with Crippen LogP contribution in [-0.4, -0.2) is 0 Å². The number of fused-ring (bicyclic) bond motifs is 1. The molecular weight excluding hydrogens is 182 g/mol. The molecule has 0 aliphatic heterocycles. The highest BCUT2D eigenvalue weighted by molar-refractivity contribution is 5.58. The molecule has 1 aromatic rings. The largest absolute Gasteiger partial charge is 0.321 e. The lowest BCUT2D eigenvalue weighted by molar-refractivity contribution is 0.394. The molecule has 1 aliphatic rings. The van der Waals surface area contributed by atoms with Crippen molar-refractivity contribution in [3.63, 3.8) is 0 Å². The van der Waals surface area contributed by atoms with Crippen molar-refractivity contribution in [2.24, 2.45) is 5.73 Å². The zero-order valence-electron chi connectivity index (χ0n) is 9.37. The topological polar surface area (TPSA) is 26.0 Å². The van der Waals surface area contributed by atoms with E-state index < -0.39 is 0 Å². The first-order valence-electron chi connectivity index (χ1n) is 5.81. The third-order valence-electron chi connectivity index (χ3n) is 3.25. The molecule has 15 heavy (non-hydrogen) atoms. The predicted octanol–water partition coefficient (Wildman–Crippen LogP) is 3.45. The summed E-state index contributed by atoms with van der Waals surface area (Å²) in [5, 5.41) is 0. The lowest BCUT2D eigenvalue weighted by Crippen LogP contribution is -2.38. The summed E-state index contributed by atoms with van der Waals surface area (Å²) in [5.74, 6) is 0. The van der Waals surface area contributed by atoms with E-state index in [0.29, 0.717) is 0 Å². The Hall–Kier alpha value is -1.08. The fraction of sp³-hybridized carbons (Fsp3) is 0.429. The van der Waals surface area contributed by atoms with Gasteiger partial charge < -0.3 is 5.73 Å². The van der Waals surface area contributed by atoms with Gasteiger partial charge in [-0.25, -0.2) is 0 Å².